The fraction of sp³-hybridized carbons (Fsp3) is 0.833. The molecule has 0 aliphatic rings. The molecule has 0 aliphatic carbocycles. The predicted octanol–water partition coefficient (Wildman–Crippen LogP) is 2.65. The Bertz CT molecular complexity index is 199. The molecule has 16 heavy (non-hydrogen) atoms. The highest BCUT2D eigenvalue weighted by Gasteiger charge is 2.18. The van der Waals surface area contributed by atoms with Gasteiger partial charge in [-0.2, -0.15) is 12.6 Å². The first-order valence-corrected chi connectivity index (χ1v) is 6.74. The summed E-state index contributed by atoms with van der Waals surface area (Å²) in [4.78, 5) is 24.9. The maximum atomic E-state index is 11.8. The molecule has 0 atom stereocenters. The lowest BCUT2D eigenvalue weighted by Crippen LogP contribution is -2.38. The van der Waals surface area contributed by atoms with Crippen molar-refractivity contribution in [2.45, 2.75) is 52.4 Å². The van der Waals surface area contributed by atoms with Crippen LogP contribution in [0, 0.1) is 0 Å². The molecule has 0 radical (unpaired) electrons. The van der Waals surface area contributed by atoms with E-state index in [-0.39, 0.29) is 11.8 Å². The molecule has 0 saturated carbocycles. The van der Waals surface area contributed by atoms with Crippen molar-refractivity contribution in [2.75, 3.05) is 12.3 Å². The van der Waals surface area contributed by atoms with Crippen molar-refractivity contribution in [3.63, 3.8) is 0 Å². The fourth-order valence-corrected chi connectivity index (χ4v) is 1.61. The Kier molecular flexibility index (Phi) is 9.39. The first-order valence-electron chi connectivity index (χ1n) is 6.11. The number of hydrogen-bond acceptors (Lipinski definition) is 3. The van der Waals surface area contributed by atoms with Gasteiger partial charge in [0.1, 0.15) is 0 Å². The molecule has 0 aromatic heterocycles. The second-order valence-electron chi connectivity index (χ2n) is 3.87. The number of carbonyl (C=O) groups is 2. The van der Waals surface area contributed by atoms with Crippen LogP contribution in [-0.4, -0.2) is 29.0 Å². The standard InChI is InChI=1S/C12H23NO2S/c1-3-5-7-11(14)13(9-10-16)12(15)8-6-4-2/h16H,3-10H2,1-2H3. The molecule has 0 aliphatic heterocycles. The number of imide groups is 1. The zero-order valence-electron chi connectivity index (χ0n) is 10.4. The Hall–Kier alpha value is -0.510. The summed E-state index contributed by atoms with van der Waals surface area (Å²) in [7, 11) is 0. The minimum absolute atomic E-state index is 0.0444. The van der Waals surface area contributed by atoms with E-state index in [1.165, 1.54) is 4.90 Å². The average molecular weight is 245 g/mol. The Morgan fingerprint density at radius 3 is 1.75 bits per heavy atom. The lowest BCUT2D eigenvalue weighted by Gasteiger charge is -2.19. The van der Waals surface area contributed by atoms with Crippen molar-refractivity contribution in [2.24, 2.45) is 0 Å². The van der Waals surface area contributed by atoms with E-state index in [1.807, 2.05) is 13.8 Å². The molecular formula is C12H23NO2S. The topological polar surface area (TPSA) is 37.4 Å². The van der Waals surface area contributed by atoms with Gasteiger partial charge in [-0.1, -0.05) is 26.7 Å². The van der Waals surface area contributed by atoms with E-state index >= 15 is 0 Å². The van der Waals surface area contributed by atoms with E-state index < -0.39 is 0 Å². The largest absolute Gasteiger partial charge is 0.282 e. The molecule has 0 fully saturated rings. The molecule has 0 aromatic rings. The van der Waals surface area contributed by atoms with Gasteiger partial charge in [0.15, 0.2) is 0 Å². The summed E-state index contributed by atoms with van der Waals surface area (Å²) in [6.07, 6.45) is 4.60. The zero-order chi connectivity index (χ0) is 12.4. The Balaban J connectivity index is 4.22. The van der Waals surface area contributed by atoms with E-state index in [0.717, 1.165) is 25.7 Å². The van der Waals surface area contributed by atoms with Gasteiger partial charge in [-0.05, 0) is 12.8 Å². The number of unbranched alkanes of at least 4 members (excludes halogenated alkanes) is 2. The number of rotatable bonds is 8. The highest BCUT2D eigenvalue weighted by atomic mass is 32.1. The van der Waals surface area contributed by atoms with Crippen molar-refractivity contribution in [1.82, 2.24) is 4.90 Å². The van der Waals surface area contributed by atoms with Gasteiger partial charge in [0.05, 0.1) is 0 Å². The zero-order valence-corrected chi connectivity index (χ0v) is 11.3. The first-order chi connectivity index (χ1) is 7.67. The highest BCUT2D eigenvalue weighted by Crippen LogP contribution is 2.06. The Morgan fingerprint density at radius 2 is 1.44 bits per heavy atom. The smallest absolute Gasteiger partial charge is 0.229 e. The third-order valence-corrected chi connectivity index (χ3v) is 2.61. The van der Waals surface area contributed by atoms with E-state index in [0.29, 0.717) is 25.1 Å². The third-order valence-electron chi connectivity index (χ3n) is 2.41. The Labute approximate surface area is 104 Å². The second kappa shape index (κ2) is 9.70. The van der Waals surface area contributed by atoms with Crippen molar-refractivity contribution in [3.8, 4) is 0 Å². The summed E-state index contributed by atoms with van der Waals surface area (Å²) in [5, 5.41) is 0. The van der Waals surface area contributed by atoms with E-state index in [4.69, 9.17) is 0 Å². The lowest BCUT2D eigenvalue weighted by molar-refractivity contribution is -0.144. The van der Waals surface area contributed by atoms with Crippen LogP contribution in [0.25, 0.3) is 0 Å². The van der Waals surface area contributed by atoms with Crippen molar-refractivity contribution < 1.29 is 9.59 Å². The molecule has 4 heteroatoms. The molecule has 3 nitrogen and oxygen atoms in total. The molecule has 0 N–H and O–H groups in total. The maximum absolute atomic E-state index is 11.8. The van der Waals surface area contributed by atoms with Crippen LogP contribution >= 0.6 is 12.6 Å². The number of nitrogens with zero attached hydrogens (tertiary/aromatic N) is 1. The number of amides is 2. The maximum Gasteiger partial charge on any atom is 0.229 e. The molecular weight excluding hydrogens is 222 g/mol. The van der Waals surface area contributed by atoms with E-state index in [9.17, 15) is 9.59 Å². The van der Waals surface area contributed by atoms with Gasteiger partial charge in [-0.25, -0.2) is 0 Å². The molecule has 0 spiro atoms. The quantitative estimate of drug-likeness (QED) is 0.668. The summed E-state index contributed by atoms with van der Waals surface area (Å²) in [5.41, 5.74) is 0. The van der Waals surface area contributed by atoms with E-state index in [2.05, 4.69) is 12.6 Å². The average Bonchev–Trinajstić information content (AvgIpc) is 2.29. The minimum atomic E-state index is -0.0444. The van der Waals surface area contributed by atoms with Gasteiger partial charge in [0.2, 0.25) is 11.8 Å². The first kappa shape index (κ1) is 15.5. The lowest BCUT2D eigenvalue weighted by atomic mass is 10.2. The summed E-state index contributed by atoms with van der Waals surface area (Å²) in [6.45, 7) is 4.51. The second-order valence-corrected chi connectivity index (χ2v) is 4.32. The molecule has 0 rings (SSSR count). The van der Waals surface area contributed by atoms with Crippen LogP contribution in [0.2, 0.25) is 0 Å². The summed E-state index contributed by atoms with van der Waals surface area (Å²) in [5.74, 6) is 0.449. The minimum Gasteiger partial charge on any atom is -0.282 e. The molecule has 0 bridgehead atoms. The van der Waals surface area contributed by atoms with Crippen LogP contribution < -0.4 is 0 Å². The number of thiol groups is 1. The monoisotopic (exact) mass is 245 g/mol. The van der Waals surface area contributed by atoms with Crippen LogP contribution in [0.15, 0.2) is 0 Å². The SMILES string of the molecule is CCCCC(=O)N(CCS)C(=O)CCCC. The molecule has 0 aromatic carbocycles. The molecule has 0 unspecified atom stereocenters. The van der Waals surface area contributed by atoms with Gasteiger partial charge >= 0.3 is 0 Å². The summed E-state index contributed by atoms with van der Waals surface area (Å²) < 4.78 is 0. The van der Waals surface area contributed by atoms with Crippen LogP contribution in [0.4, 0.5) is 0 Å². The molecule has 2 amide bonds. The van der Waals surface area contributed by atoms with Gasteiger partial charge < -0.3 is 0 Å². The van der Waals surface area contributed by atoms with Crippen molar-refractivity contribution >= 4 is 24.4 Å². The fourth-order valence-electron chi connectivity index (χ4n) is 1.41. The van der Waals surface area contributed by atoms with Gasteiger partial charge in [-0.15, -0.1) is 0 Å². The van der Waals surface area contributed by atoms with Crippen molar-refractivity contribution in [3.05, 3.63) is 0 Å². The van der Waals surface area contributed by atoms with Crippen LogP contribution in [0.3, 0.4) is 0 Å². The predicted molar refractivity (Wildman–Crippen MR) is 69.6 cm³/mol. The third kappa shape index (κ3) is 6.16. The van der Waals surface area contributed by atoms with Gasteiger partial charge in [-0.3, -0.25) is 14.5 Å². The highest BCUT2D eigenvalue weighted by molar-refractivity contribution is 7.80. The van der Waals surface area contributed by atoms with E-state index in [1.54, 1.807) is 0 Å². The summed E-state index contributed by atoms with van der Waals surface area (Å²) >= 11 is 4.09. The normalized spacial score (nSPS) is 10.2. The van der Waals surface area contributed by atoms with Crippen LogP contribution in [0.5, 0.6) is 0 Å². The van der Waals surface area contributed by atoms with Crippen LogP contribution in [0.1, 0.15) is 52.4 Å². The molecule has 0 saturated heterocycles. The van der Waals surface area contributed by atoms with Crippen LogP contribution in [-0.2, 0) is 9.59 Å². The Morgan fingerprint density at radius 1 is 1.00 bits per heavy atom. The molecule has 0 heterocycles. The summed E-state index contributed by atoms with van der Waals surface area (Å²) in [6, 6.07) is 0. The van der Waals surface area contributed by atoms with Crippen molar-refractivity contribution in [1.29, 1.82) is 0 Å². The molecule has 94 valence electrons. The van der Waals surface area contributed by atoms with Gasteiger partial charge in [0.25, 0.3) is 0 Å². The van der Waals surface area contributed by atoms with Gasteiger partial charge in [0, 0.05) is 25.1 Å². The number of carbonyl (C=O) groups excluding carboxylic acids is 2. The number of hydrogen-bond donors (Lipinski definition) is 1.